The third-order valence-electron chi connectivity index (χ3n) is 5.02. The van der Waals surface area contributed by atoms with Crippen LogP contribution >= 0.6 is 0 Å². The van der Waals surface area contributed by atoms with Crippen molar-refractivity contribution in [2.75, 3.05) is 13.7 Å². The molecule has 2 aliphatic heterocycles. The number of carbonyl (C=O) groups excluding carboxylic acids is 2. The van der Waals surface area contributed by atoms with Crippen LogP contribution in [-0.2, 0) is 21.5 Å². The van der Waals surface area contributed by atoms with E-state index in [9.17, 15) is 9.59 Å². The molecule has 0 saturated carbocycles. The Labute approximate surface area is 128 Å². The molecule has 2 atom stereocenters. The van der Waals surface area contributed by atoms with Gasteiger partial charge in [-0.2, -0.15) is 0 Å². The lowest BCUT2D eigenvalue weighted by molar-refractivity contribution is -0.119. The Morgan fingerprint density at radius 3 is 3.09 bits per heavy atom. The van der Waals surface area contributed by atoms with E-state index in [-0.39, 0.29) is 17.3 Å². The van der Waals surface area contributed by atoms with Crippen molar-refractivity contribution in [1.82, 2.24) is 4.90 Å². The van der Waals surface area contributed by atoms with Crippen LogP contribution in [0.15, 0.2) is 24.3 Å². The molecule has 0 bridgehead atoms. The number of ketones is 1. The Kier molecular flexibility index (Phi) is 2.79. The lowest BCUT2D eigenvalue weighted by atomic mass is 9.69. The molecule has 0 saturated heterocycles. The van der Waals surface area contributed by atoms with Crippen LogP contribution in [0.3, 0.4) is 0 Å². The summed E-state index contributed by atoms with van der Waals surface area (Å²) < 4.78 is 11.6. The topological polar surface area (TPSA) is 55.8 Å². The van der Waals surface area contributed by atoms with Crippen molar-refractivity contribution in [3.8, 4) is 11.5 Å². The number of hydrogen-bond donors (Lipinski definition) is 0. The van der Waals surface area contributed by atoms with E-state index in [1.54, 1.807) is 18.1 Å². The first-order valence-electron chi connectivity index (χ1n) is 7.46. The number of hydrogen-bond acceptors (Lipinski definition) is 4. The van der Waals surface area contributed by atoms with E-state index in [1.807, 2.05) is 18.2 Å². The van der Waals surface area contributed by atoms with Crippen molar-refractivity contribution >= 4 is 12.2 Å². The van der Waals surface area contributed by atoms with Gasteiger partial charge >= 0.3 is 0 Å². The second-order valence-electron chi connectivity index (χ2n) is 6.11. The smallest absolute Gasteiger partial charge is 0.210 e. The van der Waals surface area contributed by atoms with Gasteiger partial charge in [-0.3, -0.25) is 9.59 Å². The van der Waals surface area contributed by atoms with Gasteiger partial charge in [0.15, 0.2) is 17.3 Å². The molecule has 0 fully saturated rings. The highest BCUT2D eigenvalue weighted by Gasteiger charge is 2.52. The van der Waals surface area contributed by atoms with Gasteiger partial charge in [-0.1, -0.05) is 12.1 Å². The van der Waals surface area contributed by atoms with Crippen LogP contribution in [0.5, 0.6) is 11.5 Å². The maximum atomic E-state index is 11.8. The van der Waals surface area contributed by atoms with E-state index in [2.05, 4.69) is 0 Å². The standard InChI is InChI=1S/C17H17NO4/c1-21-13-3-2-11-9-18(10-19)7-6-17-5-4-12(20)8-14(17)22-16(13)15(11)17/h2-5,10,14H,6-9H2,1H3/t14-,17-/m0/s1. The third kappa shape index (κ3) is 1.65. The first-order valence-corrected chi connectivity index (χ1v) is 7.46. The van der Waals surface area contributed by atoms with Gasteiger partial charge < -0.3 is 14.4 Å². The highest BCUT2D eigenvalue weighted by atomic mass is 16.5. The molecule has 1 spiro atoms. The van der Waals surface area contributed by atoms with Crippen molar-refractivity contribution in [3.63, 3.8) is 0 Å². The Balaban J connectivity index is 1.96. The predicted octanol–water partition coefficient (Wildman–Crippen LogP) is 1.59. The molecule has 1 aliphatic carbocycles. The molecule has 0 unspecified atom stereocenters. The summed E-state index contributed by atoms with van der Waals surface area (Å²) in [5.74, 6) is 1.51. The number of benzene rings is 1. The maximum absolute atomic E-state index is 11.8. The zero-order valence-electron chi connectivity index (χ0n) is 12.4. The molecule has 22 heavy (non-hydrogen) atoms. The summed E-state index contributed by atoms with van der Waals surface area (Å²) in [5.41, 5.74) is 1.83. The number of nitrogens with zero attached hydrogens (tertiary/aromatic N) is 1. The summed E-state index contributed by atoms with van der Waals surface area (Å²) in [4.78, 5) is 24.9. The summed E-state index contributed by atoms with van der Waals surface area (Å²) in [7, 11) is 1.62. The maximum Gasteiger partial charge on any atom is 0.210 e. The molecular weight excluding hydrogens is 282 g/mol. The molecule has 1 amide bonds. The number of amides is 1. The van der Waals surface area contributed by atoms with E-state index in [0.29, 0.717) is 25.3 Å². The molecule has 0 N–H and O–H groups in total. The van der Waals surface area contributed by atoms with Crippen LogP contribution < -0.4 is 9.47 Å². The molecule has 1 aromatic rings. The minimum atomic E-state index is -0.328. The van der Waals surface area contributed by atoms with Crippen molar-refractivity contribution in [2.45, 2.75) is 30.9 Å². The van der Waals surface area contributed by atoms with Crippen molar-refractivity contribution in [2.24, 2.45) is 0 Å². The molecule has 5 nitrogen and oxygen atoms in total. The average molecular weight is 299 g/mol. The summed E-state index contributed by atoms with van der Waals surface area (Å²) >= 11 is 0. The molecule has 114 valence electrons. The Morgan fingerprint density at radius 2 is 2.32 bits per heavy atom. The predicted molar refractivity (Wildman–Crippen MR) is 78.9 cm³/mol. The SMILES string of the molecule is COc1ccc2c3c1O[C@H]1CC(=O)C=C[C@@]31CCN(C=O)C2. The summed E-state index contributed by atoms with van der Waals surface area (Å²) in [6.07, 6.45) is 5.45. The highest BCUT2D eigenvalue weighted by molar-refractivity contribution is 5.92. The van der Waals surface area contributed by atoms with Gasteiger partial charge in [-0.05, 0) is 24.1 Å². The molecule has 0 aromatic heterocycles. The van der Waals surface area contributed by atoms with Gasteiger partial charge in [-0.25, -0.2) is 0 Å². The Morgan fingerprint density at radius 1 is 1.45 bits per heavy atom. The minimum Gasteiger partial charge on any atom is -0.493 e. The number of methoxy groups -OCH3 is 1. The van der Waals surface area contributed by atoms with Gasteiger partial charge in [0.05, 0.1) is 12.5 Å². The van der Waals surface area contributed by atoms with Crippen LogP contribution in [-0.4, -0.2) is 36.9 Å². The fraction of sp³-hybridized carbons (Fsp3) is 0.412. The quantitative estimate of drug-likeness (QED) is 0.778. The molecule has 4 rings (SSSR count). The zero-order valence-corrected chi connectivity index (χ0v) is 12.4. The van der Waals surface area contributed by atoms with E-state index >= 15 is 0 Å². The number of carbonyl (C=O) groups is 2. The van der Waals surface area contributed by atoms with Crippen LogP contribution in [0.25, 0.3) is 0 Å². The van der Waals surface area contributed by atoms with Crippen molar-refractivity contribution in [3.05, 3.63) is 35.4 Å². The summed E-state index contributed by atoms with van der Waals surface area (Å²) in [5, 5.41) is 0. The normalized spacial score (nSPS) is 28.5. The Bertz CT molecular complexity index is 696. The van der Waals surface area contributed by atoms with Gasteiger partial charge in [0.2, 0.25) is 6.41 Å². The molecular formula is C17H17NO4. The molecule has 0 radical (unpaired) electrons. The van der Waals surface area contributed by atoms with E-state index < -0.39 is 0 Å². The average Bonchev–Trinajstić information content (AvgIpc) is 2.76. The third-order valence-corrected chi connectivity index (χ3v) is 5.02. The lowest BCUT2D eigenvalue weighted by Gasteiger charge is -2.33. The molecule has 2 heterocycles. The van der Waals surface area contributed by atoms with Crippen LogP contribution in [0, 0.1) is 0 Å². The van der Waals surface area contributed by atoms with Gasteiger partial charge in [0.25, 0.3) is 0 Å². The number of allylic oxidation sites excluding steroid dienone is 1. The van der Waals surface area contributed by atoms with Gasteiger partial charge in [0.1, 0.15) is 6.10 Å². The van der Waals surface area contributed by atoms with E-state index in [1.165, 1.54) is 0 Å². The summed E-state index contributed by atoms with van der Waals surface area (Å²) in [6, 6.07) is 3.87. The highest BCUT2D eigenvalue weighted by Crippen LogP contribution is 2.55. The van der Waals surface area contributed by atoms with Crippen molar-refractivity contribution < 1.29 is 19.1 Å². The van der Waals surface area contributed by atoms with Crippen LogP contribution in [0.4, 0.5) is 0 Å². The second kappa shape index (κ2) is 4.60. The lowest BCUT2D eigenvalue weighted by Crippen LogP contribution is -2.41. The summed E-state index contributed by atoms with van der Waals surface area (Å²) in [6.45, 7) is 1.22. The fourth-order valence-electron chi connectivity index (χ4n) is 3.93. The first-order chi connectivity index (χ1) is 10.7. The van der Waals surface area contributed by atoms with Crippen LogP contribution in [0.1, 0.15) is 24.0 Å². The molecule has 3 aliphatic rings. The second-order valence-corrected chi connectivity index (χ2v) is 6.11. The van der Waals surface area contributed by atoms with Gasteiger partial charge in [-0.15, -0.1) is 0 Å². The number of rotatable bonds is 2. The van der Waals surface area contributed by atoms with Gasteiger partial charge in [0, 0.05) is 25.1 Å². The zero-order chi connectivity index (χ0) is 15.3. The largest absolute Gasteiger partial charge is 0.493 e. The molecule has 1 aromatic carbocycles. The van der Waals surface area contributed by atoms with E-state index in [4.69, 9.17) is 9.47 Å². The number of ether oxygens (including phenoxy) is 2. The monoisotopic (exact) mass is 299 g/mol. The first kappa shape index (κ1) is 13.4. The van der Waals surface area contributed by atoms with E-state index in [0.717, 1.165) is 29.7 Å². The minimum absolute atomic E-state index is 0.0837. The van der Waals surface area contributed by atoms with Crippen molar-refractivity contribution in [1.29, 1.82) is 0 Å². The molecule has 5 heteroatoms. The Hall–Kier alpha value is -2.30. The van der Waals surface area contributed by atoms with Crippen LogP contribution in [0.2, 0.25) is 0 Å². The fourth-order valence-corrected chi connectivity index (χ4v) is 3.93.